The Morgan fingerprint density at radius 3 is 2.25 bits per heavy atom. The van der Waals surface area contributed by atoms with E-state index < -0.39 is 25.5 Å². The lowest BCUT2D eigenvalue weighted by molar-refractivity contribution is -0.117. The first-order chi connectivity index (χ1) is 13.0. The summed E-state index contributed by atoms with van der Waals surface area (Å²) >= 11 is 0. The number of carbonyl (C=O) groups excluding carboxylic acids is 1. The molecule has 28 heavy (non-hydrogen) atoms. The molecule has 2 aliphatic heterocycles. The van der Waals surface area contributed by atoms with Crippen molar-refractivity contribution < 1.29 is 21.6 Å². The van der Waals surface area contributed by atoms with Gasteiger partial charge in [0.15, 0.2) is 0 Å². The number of nitrogens with one attached hydrogen (secondary N) is 1. The van der Waals surface area contributed by atoms with E-state index in [1.165, 1.54) is 14.7 Å². The molecule has 3 rings (SSSR count). The standard InChI is InChI=1S/C18H27N3O5S2/c1-4-11-27(23,24)20-7-9-21(10-8-20)28(25,26)14-5-6-16-15(12-14)18(2,3)13-17(22)19-16/h5-6,12H,4,7-11,13H2,1-3H3,(H,19,22). The Morgan fingerprint density at radius 1 is 1.04 bits per heavy atom. The minimum Gasteiger partial charge on any atom is -0.326 e. The quantitative estimate of drug-likeness (QED) is 0.761. The number of piperazine rings is 1. The van der Waals surface area contributed by atoms with Gasteiger partial charge in [-0.25, -0.2) is 16.8 Å². The first kappa shape index (κ1) is 21.2. The summed E-state index contributed by atoms with van der Waals surface area (Å²) in [5.41, 5.74) is 0.962. The SMILES string of the molecule is CCCS(=O)(=O)N1CCN(S(=O)(=O)c2ccc3c(c2)C(C)(C)CC(=O)N3)CC1. The van der Waals surface area contributed by atoms with Crippen LogP contribution in [0.2, 0.25) is 0 Å². The molecule has 0 aliphatic carbocycles. The number of sulfonamides is 2. The first-order valence-corrected chi connectivity index (χ1v) is 12.4. The molecule has 0 saturated carbocycles. The minimum atomic E-state index is -3.74. The van der Waals surface area contributed by atoms with E-state index >= 15 is 0 Å². The van der Waals surface area contributed by atoms with E-state index in [1.54, 1.807) is 19.1 Å². The van der Waals surface area contributed by atoms with Crippen LogP contribution < -0.4 is 5.32 Å². The van der Waals surface area contributed by atoms with Gasteiger partial charge in [-0.15, -0.1) is 0 Å². The van der Waals surface area contributed by atoms with Crippen molar-refractivity contribution in [3.05, 3.63) is 23.8 Å². The summed E-state index contributed by atoms with van der Waals surface area (Å²) in [6, 6.07) is 4.75. The second-order valence-electron chi connectivity index (χ2n) is 7.94. The molecule has 0 unspecified atom stereocenters. The van der Waals surface area contributed by atoms with Crippen LogP contribution >= 0.6 is 0 Å². The zero-order valence-electron chi connectivity index (χ0n) is 16.4. The van der Waals surface area contributed by atoms with Crippen molar-refractivity contribution in [2.75, 3.05) is 37.2 Å². The Bertz CT molecular complexity index is 978. The van der Waals surface area contributed by atoms with Crippen LogP contribution in [0, 0.1) is 0 Å². The highest BCUT2D eigenvalue weighted by atomic mass is 32.2. The summed E-state index contributed by atoms with van der Waals surface area (Å²) in [6.45, 7) is 6.21. The molecule has 0 atom stereocenters. The van der Waals surface area contributed by atoms with Gasteiger partial charge >= 0.3 is 0 Å². The smallest absolute Gasteiger partial charge is 0.243 e. The molecule has 10 heteroatoms. The molecule has 1 amide bonds. The van der Waals surface area contributed by atoms with Gasteiger partial charge in [0.05, 0.1) is 10.6 Å². The van der Waals surface area contributed by atoms with Crippen molar-refractivity contribution in [1.82, 2.24) is 8.61 Å². The van der Waals surface area contributed by atoms with Crippen LogP contribution in [0.4, 0.5) is 5.69 Å². The molecule has 0 bridgehead atoms. The van der Waals surface area contributed by atoms with Gasteiger partial charge in [-0.2, -0.15) is 8.61 Å². The Hall–Kier alpha value is -1.49. The summed E-state index contributed by atoms with van der Waals surface area (Å²) in [4.78, 5) is 12.0. The molecular weight excluding hydrogens is 402 g/mol. The molecule has 0 spiro atoms. The van der Waals surface area contributed by atoms with E-state index in [0.29, 0.717) is 12.1 Å². The average Bonchev–Trinajstić information content (AvgIpc) is 2.60. The second kappa shape index (κ2) is 7.40. The topological polar surface area (TPSA) is 104 Å². The summed E-state index contributed by atoms with van der Waals surface area (Å²) in [5, 5.41) is 2.79. The third-order valence-electron chi connectivity index (χ3n) is 5.29. The predicted molar refractivity (Wildman–Crippen MR) is 107 cm³/mol. The lowest BCUT2D eigenvalue weighted by Gasteiger charge is -2.35. The molecule has 8 nitrogen and oxygen atoms in total. The van der Waals surface area contributed by atoms with E-state index in [0.717, 1.165) is 5.56 Å². The molecule has 1 aromatic carbocycles. The molecule has 1 aromatic rings. The number of hydrogen-bond donors (Lipinski definition) is 1. The van der Waals surface area contributed by atoms with Crippen LogP contribution in [0.1, 0.15) is 39.2 Å². The van der Waals surface area contributed by atoms with Crippen molar-refractivity contribution >= 4 is 31.6 Å². The van der Waals surface area contributed by atoms with Crippen LogP contribution in [0.5, 0.6) is 0 Å². The van der Waals surface area contributed by atoms with Gasteiger partial charge < -0.3 is 5.32 Å². The zero-order chi connectivity index (χ0) is 20.7. The average molecular weight is 430 g/mol. The molecule has 2 aliphatic rings. The number of fused-ring (bicyclic) bond motifs is 1. The van der Waals surface area contributed by atoms with Crippen molar-refractivity contribution in [2.45, 2.75) is 43.9 Å². The first-order valence-electron chi connectivity index (χ1n) is 9.40. The number of amides is 1. The molecule has 2 heterocycles. The van der Waals surface area contributed by atoms with Gasteiger partial charge in [0.1, 0.15) is 0 Å². The van der Waals surface area contributed by atoms with Crippen LogP contribution in [-0.4, -0.2) is 63.3 Å². The number of anilines is 1. The highest BCUT2D eigenvalue weighted by molar-refractivity contribution is 7.89. The van der Waals surface area contributed by atoms with Gasteiger partial charge in [0.25, 0.3) is 0 Å². The fourth-order valence-electron chi connectivity index (χ4n) is 3.77. The van der Waals surface area contributed by atoms with Crippen LogP contribution in [0.15, 0.2) is 23.1 Å². The molecule has 1 fully saturated rings. The third kappa shape index (κ3) is 3.96. The second-order valence-corrected chi connectivity index (χ2v) is 12.0. The zero-order valence-corrected chi connectivity index (χ0v) is 18.1. The van der Waals surface area contributed by atoms with E-state index in [4.69, 9.17) is 0 Å². The van der Waals surface area contributed by atoms with Gasteiger partial charge in [0, 0.05) is 43.7 Å². The summed E-state index contributed by atoms with van der Waals surface area (Å²) in [7, 11) is -7.07. The lowest BCUT2D eigenvalue weighted by atomic mass is 9.78. The number of carbonyl (C=O) groups is 1. The van der Waals surface area contributed by atoms with Gasteiger partial charge in [0.2, 0.25) is 26.0 Å². The summed E-state index contributed by atoms with van der Waals surface area (Å²) < 4.78 is 53.3. The van der Waals surface area contributed by atoms with E-state index in [9.17, 15) is 21.6 Å². The molecule has 1 N–H and O–H groups in total. The van der Waals surface area contributed by atoms with Crippen molar-refractivity contribution in [3.8, 4) is 0 Å². The van der Waals surface area contributed by atoms with Crippen molar-refractivity contribution in [2.24, 2.45) is 0 Å². The third-order valence-corrected chi connectivity index (χ3v) is 9.26. The maximum Gasteiger partial charge on any atom is 0.243 e. The van der Waals surface area contributed by atoms with Crippen LogP contribution in [0.25, 0.3) is 0 Å². The Labute approximate surface area is 167 Å². The Morgan fingerprint density at radius 2 is 1.64 bits per heavy atom. The predicted octanol–water partition coefficient (Wildman–Crippen LogP) is 1.35. The maximum atomic E-state index is 13.1. The number of nitrogens with zero attached hydrogens (tertiary/aromatic N) is 2. The van der Waals surface area contributed by atoms with Gasteiger partial charge in [-0.1, -0.05) is 20.8 Å². The van der Waals surface area contributed by atoms with E-state index in [1.807, 2.05) is 13.8 Å². The Balaban J connectivity index is 1.82. The molecule has 0 aromatic heterocycles. The highest BCUT2D eigenvalue weighted by Crippen LogP contribution is 2.38. The fourth-order valence-corrected chi connectivity index (χ4v) is 6.71. The molecule has 156 valence electrons. The number of benzene rings is 1. The van der Waals surface area contributed by atoms with E-state index in [2.05, 4.69) is 5.32 Å². The lowest BCUT2D eigenvalue weighted by Crippen LogP contribution is -2.50. The largest absolute Gasteiger partial charge is 0.326 e. The molecular formula is C18H27N3O5S2. The maximum absolute atomic E-state index is 13.1. The van der Waals surface area contributed by atoms with Crippen LogP contribution in [0.3, 0.4) is 0 Å². The number of hydrogen-bond acceptors (Lipinski definition) is 5. The Kier molecular flexibility index (Phi) is 5.61. The monoisotopic (exact) mass is 429 g/mol. The molecule has 1 saturated heterocycles. The molecule has 0 radical (unpaired) electrons. The fraction of sp³-hybridized carbons (Fsp3) is 0.611. The minimum absolute atomic E-state index is 0.0748. The summed E-state index contributed by atoms with van der Waals surface area (Å²) in [6.07, 6.45) is 0.819. The van der Waals surface area contributed by atoms with Crippen molar-refractivity contribution in [3.63, 3.8) is 0 Å². The van der Waals surface area contributed by atoms with E-state index in [-0.39, 0.29) is 49.2 Å². The normalized spacial score (nSPS) is 21.2. The van der Waals surface area contributed by atoms with Gasteiger partial charge in [-0.3, -0.25) is 4.79 Å². The highest BCUT2D eigenvalue weighted by Gasteiger charge is 2.36. The van der Waals surface area contributed by atoms with Gasteiger partial charge in [-0.05, 0) is 30.2 Å². The number of rotatable bonds is 5. The van der Waals surface area contributed by atoms with Crippen molar-refractivity contribution in [1.29, 1.82) is 0 Å². The summed E-state index contributed by atoms with van der Waals surface area (Å²) in [5.74, 6) is -0.0109. The van der Waals surface area contributed by atoms with Crippen LogP contribution in [-0.2, 0) is 30.3 Å².